The van der Waals surface area contributed by atoms with Crippen molar-refractivity contribution in [1.29, 1.82) is 0 Å². The van der Waals surface area contributed by atoms with Crippen LogP contribution in [-0.4, -0.2) is 11.1 Å². The molecule has 0 aliphatic heterocycles. The van der Waals surface area contributed by atoms with E-state index in [4.69, 9.17) is 5.11 Å². The molecule has 2 aromatic carbocycles. The third-order valence-electron chi connectivity index (χ3n) is 2.29. The van der Waals surface area contributed by atoms with Crippen molar-refractivity contribution >= 4 is 21.9 Å². The van der Waals surface area contributed by atoms with Gasteiger partial charge in [-0.25, -0.2) is 4.79 Å². The van der Waals surface area contributed by atoms with Crippen LogP contribution in [0, 0.1) is 0 Å². The number of carboxylic acids is 1. The number of carbonyl (C=O) groups is 1. The van der Waals surface area contributed by atoms with Gasteiger partial charge in [-0.2, -0.15) is 0 Å². The third-order valence-corrected chi connectivity index (χ3v) is 2.99. The highest BCUT2D eigenvalue weighted by Gasteiger charge is 2.06. The predicted octanol–water partition coefficient (Wildman–Crippen LogP) is 3.81. The van der Waals surface area contributed by atoms with E-state index in [1.807, 2.05) is 30.3 Å². The van der Waals surface area contributed by atoms with Crippen LogP contribution in [-0.2, 0) is 0 Å². The Morgan fingerprint density at radius 1 is 1.06 bits per heavy atom. The van der Waals surface area contributed by atoms with Gasteiger partial charge in [0.1, 0.15) is 0 Å². The molecule has 80 valence electrons. The molecule has 0 fully saturated rings. The van der Waals surface area contributed by atoms with Gasteiger partial charge >= 0.3 is 5.97 Å². The van der Waals surface area contributed by atoms with Crippen LogP contribution in [0.25, 0.3) is 11.1 Å². The molecule has 2 aromatic rings. The van der Waals surface area contributed by atoms with Crippen molar-refractivity contribution in [2.75, 3.05) is 0 Å². The standard InChI is InChI=1S/C13H9BrO2/c14-12-7-2-1-6-11(12)9-4-3-5-10(8-9)13(15)16/h1-8H,(H,15,16). The summed E-state index contributed by atoms with van der Waals surface area (Å²) < 4.78 is 0.956. The van der Waals surface area contributed by atoms with E-state index in [1.54, 1.807) is 18.2 Å². The second-order valence-corrected chi connectivity index (χ2v) is 4.22. The first kappa shape index (κ1) is 10.9. The Balaban J connectivity index is 2.53. The summed E-state index contributed by atoms with van der Waals surface area (Å²) in [5.41, 5.74) is 2.19. The van der Waals surface area contributed by atoms with Gasteiger partial charge in [-0.3, -0.25) is 0 Å². The molecule has 0 bridgehead atoms. The summed E-state index contributed by atoms with van der Waals surface area (Å²) >= 11 is 3.45. The average molecular weight is 277 g/mol. The van der Waals surface area contributed by atoms with Crippen LogP contribution in [0.1, 0.15) is 10.4 Å². The zero-order chi connectivity index (χ0) is 11.5. The van der Waals surface area contributed by atoms with Crippen molar-refractivity contribution < 1.29 is 9.90 Å². The molecule has 0 saturated carbocycles. The molecule has 0 heterocycles. The van der Waals surface area contributed by atoms with Gasteiger partial charge in [0.2, 0.25) is 0 Å². The van der Waals surface area contributed by atoms with Crippen molar-refractivity contribution in [3.8, 4) is 11.1 Å². The van der Waals surface area contributed by atoms with Gasteiger partial charge in [-0.15, -0.1) is 0 Å². The molecule has 0 radical (unpaired) electrons. The maximum Gasteiger partial charge on any atom is 0.335 e. The number of benzene rings is 2. The number of carboxylic acid groups (broad SMARTS) is 1. The summed E-state index contributed by atoms with van der Waals surface area (Å²) in [6.07, 6.45) is 0. The molecule has 0 unspecified atom stereocenters. The number of hydrogen-bond donors (Lipinski definition) is 1. The van der Waals surface area contributed by atoms with Crippen LogP contribution in [0.3, 0.4) is 0 Å². The molecule has 0 spiro atoms. The Bertz CT molecular complexity index is 535. The fourth-order valence-corrected chi connectivity index (χ4v) is 2.03. The van der Waals surface area contributed by atoms with Crippen LogP contribution in [0.4, 0.5) is 0 Å². The lowest BCUT2D eigenvalue weighted by molar-refractivity contribution is 0.0697. The molecule has 0 saturated heterocycles. The maximum absolute atomic E-state index is 10.9. The van der Waals surface area contributed by atoms with Gasteiger partial charge in [-0.05, 0) is 29.3 Å². The minimum absolute atomic E-state index is 0.299. The van der Waals surface area contributed by atoms with Crippen LogP contribution >= 0.6 is 15.9 Å². The van der Waals surface area contributed by atoms with E-state index in [0.717, 1.165) is 15.6 Å². The van der Waals surface area contributed by atoms with Gasteiger partial charge in [0.15, 0.2) is 0 Å². The van der Waals surface area contributed by atoms with E-state index in [9.17, 15) is 4.79 Å². The van der Waals surface area contributed by atoms with E-state index in [2.05, 4.69) is 15.9 Å². The third kappa shape index (κ3) is 2.14. The molecule has 0 atom stereocenters. The summed E-state index contributed by atoms with van der Waals surface area (Å²) in [6.45, 7) is 0. The van der Waals surface area contributed by atoms with E-state index >= 15 is 0 Å². The van der Waals surface area contributed by atoms with Crippen LogP contribution < -0.4 is 0 Å². The zero-order valence-electron chi connectivity index (χ0n) is 8.35. The Labute approximate surface area is 102 Å². The molecule has 0 aromatic heterocycles. The lowest BCUT2D eigenvalue weighted by Crippen LogP contribution is -1.95. The summed E-state index contributed by atoms with van der Waals surface area (Å²) in [4.78, 5) is 10.9. The topological polar surface area (TPSA) is 37.3 Å². The van der Waals surface area contributed by atoms with Crippen LogP contribution in [0.5, 0.6) is 0 Å². The summed E-state index contributed by atoms with van der Waals surface area (Å²) in [5.74, 6) is -0.908. The van der Waals surface area contributed by atoms with Crippen LogP contribution in [0.2, 0.25) is 0 Å². The van der Waals surface area contributed by atoms with Crippen molar-refractivity contribution in [3.05, 3.63) is 58.6 Å². The molecular formula is C13H9BrO2. The Morgan fingerprint density at radius 2 is 1.81 bits per heavy atom. The monoisotopic (exact) mass is 276 g/mol. The second kappa shape index (κ2) is 4.49. The van der Waals surface area contributed by atoms with E-state index in [0.29, 0.717) is 5.56 Å². The van der Waals surface area contributed by atoms with Crippen molar-refractivity contribution in [3.63, 3.8) is 0 Å². The lowest BCUT2D eigenvalue weighted by atomic mass is 10.0. The SMILES string of the molecule is O=C(O)c1cccc(-c2ccccc2Br)c1. The molecule has 2 rings (SSSR count). The quantitative estimate of drug-likeness (QED) is 0.906. The smallest absolute Gasteiger partial charge is 0.335 e. The van der Waals surface area contributed by atoms with Crippen molar-refractivity contribution in [2.45, 2.75) is 0 Å². The highest BCUT2D eigenvalue weighted by Crippen LogP contribution is 2.28. The van der Waals surface area contributed by atoms with E-state index < -0.39 is 5.97 Å². The first-order valence-corrected chi connectivity index (χ1v) is 5.56. The molecule has 3 heteroatoms. The molecule has 0 amide bonds. The maximum atomic E-state index is 10.9. The Hall–Kier alpha value is -1.61. The molecule has 1 N–H and O–H groups in total. The first-order valence-electron chi connectivity index (χ1n) is 4.77. The number of aromatic carboxylic acids is 1. The van der Waals surface area contributed by atoms with E-state index in [1.165, 1.54) is 0 Å². The predicted molar refractivity (Wildman–Crippen MR) is 66.5 cm³/mol. The highest BCUT2D eigenvalue weighted by molar-refractivity contribution is 9.10. The fraction of sp³-hybridized carbons (Fsp3) is 0. The second-order valence-electron chi connectivity index (χ2n) is 3.37. The van der Waals surface area contributed by atoms with Gasteiger partial charge in [-0.1, -0.05) is 46.3 Å². The van der Waals surface area contributed by atoms with Gasteiger partial charge < -0.3 is 5.11 Å². The summed E-state index contributed by atoms with van der Waals surface area (Å²) in [7, 11) is 0. The summed E-state index contributed by atoms with van der Waals surface area (Å²) in [6, 6.07) is 14.6. The normalized spacial score (nSPS) is 10.1. The number of hydrogen-bond acceptors (Lipinski definition) is 1. The lowest BCUT2D eigenvalue weighted by Gasteiger charge is -2.05. The minimum atomic E-state index is -0.908. The molecule has 0 aliphatic carbocycles. The van der Waals surface area contributed by atoms with Crippen LogP contribution in [0.15, 0.2) is 53.0 Å². The van der Waals surface area contributed by atoms with Gasteiger partial charge in [0.25, 0.3) is 0 Å². The number of halogens is 1. The van der Waals surface area contributed by atoms with Crippen molar-refractivity contribution in [2.24, 2.45) is 0 Å². The average Bonchev–Trinajstić information content (AvgIpc) is 2.30. The van der Waals surface area contributed by atoms with Gasteiger partial charge in [0, 0.05) is 4.47 Å². The fourth-order valence-electron chi connectivity index (χ4n) is 1.52. The summed E-state index contributed by atoms with van der Waals surface area (Å²) in [5, 5.41) is 8.91. The molecular weight excluding hydrogens is 268 g/mol. The largest absolute Gasteiger partial charge is 0.478 e. The van der Waals surface area contributed by atoms with Gasteiger partial charge in [0.05, 0.1) is 5.56 Å². The van der Waals surface area contributed by atoms with Crippen molar-refractivity contribution in [1.82, 2.24) is 0 Å². The Kier molecular flexibility index (Phi) is 3.06. The Morgan fingerprint density at radius 3 is 2.50 bits per heavy atom. The zero-order valence-corrected chi connectivity index (χ0v) is 9.94. The first-order chi connectivity index (χ1) is 7.68. The highest BCUT2D eigenvalue weighted by atomic mass is 79.9. The number of rotatable bonds is 2. The molecule has 0 aliphatic rings. The molecule has 16 heavy (non-hydrogen) atoms. The van der Waals surface area contributed by atoms with E-state index in [-0.39, 0.29) is 0 Å². The minimum Gasteiger partial charge on any atom is -0.478 e. The molecule has 2 nitrogen and oxygen atoms in total.